The highest BCUT2D eigenvalue weighted by atomic mass is 16.5. The summed E-state index contributed by atoms with van der Waals surface area (Å²) in [6, 6.07) is 10.9. The molecule has 0 spiro atoms. The molecule has 1 N–H and O–H groups in total. The Kier molecular flexibility index (Phi) is 8.89. The maximum absolute atomic E-state index is 11.7. The second-order valence-corrected chi connectivity index (χ2v) is 10.6. The summed E-state index contributed by atoms with van der Waals surface area (Å²) in [5.41, 5.74) is 2.11. The van der Waals surface area contributed by atoms with Gasteiger partial charge >= 0.3 is 0 Å². The van der Waals surface area contributed by atoms with Crippen LogP contribution in [0.4, 0.5) is 11.6 Å². The van der Waals surface area contributed by atoms with Crippen molar-refractivity contribution in [2.24, 2.45) is 5.92 Å². The van der Waals surface area contributed by atoms with Crippen LogP contribution in [0.5, 0.6) is 0 Å². The molecular weight excluding hydrogens is 464 g/mol. The number of aromatic nitrogens is 2. The zero-order valence-electron chi connectivity index (χ0n) is 22.3. The first-order valence-electron chi connectivity index (χ1n) is 14.2. The number of morpholine rings is 1. The standard InChI is InChI=1S/C29H42N6O2/c1-2-29(36)31-25-8-6-23(7-9-25)11-13-33-14-16-34(17-15-33)28-22-24(10-12-30-28)26-4-3-5-27(32-26)35-18-20-37-21-19-35/h3-5,10,12,22-23,25H,2,6-9,11,13-21H2,1H3,(H,31,36). The van der Waals surface area contributed by atoms with E-state index in [0.717, 1.165) is 94.1 Å². The molecule has 0 atom stereocenters. The van der Waals surface area contributed by atoms with Crippen LogP contribution in [0.3, 0.4) is 0 Å². The Labute approximate surface area is 221 Å². The van der Waals surface area contributed by atoms with Crippen LogP contribution in [0.2, 0.25) is 0 Å². The van der Waals surface area contributed by atoms with E-state index in [9.17, 15) is 4.79 Å². The summed E-state index contributed by atoms with van der Waals surface area (Å²) in [6.07, 6.45) is 8.53. The predicted molar refractivity (Wildman–Crippen MR) is 148 cm³/mol. The predicted octanol–water partition coefficient (Wildman–Crippen LogP) is 3.58. The highest BCUT2D eigenvalue weighted by Crippen LogP contribution is 2.28. The number of nitrogens with one attached hydrogen (secondary N) is 1. The number of carbonyl (C=O) groups excluding carboxylic acids is 1. The molecule has 4 heterocycles. The van der Waals surface area contributed by atoms with E-state index in [1.54, 1.807) is 0 Å². The van der Waals surface area contributed by atoms with E-state index in [1.807, 2.05) is 13.1 Å². The van der Waals surface area contributed by atoms with Crippen molar-refractivity contribution in [3.05, 3.63) is 36.5 Å². The first-order chi connectivity index (χ1) is 18.2. The van der Waals surface area contributed by atoms with Gasteiger partial charge in [0, 0.05) is 63.5 Å². The lowest BCUT2D eigenvalue weighted by molar-refractivity contribution is -0.121. The summed E-state index contributed by atoms with van der Waals surface area (Å²) in [5, 5.41) is 3.18. The fraction of sp³-hybridized carbons (Fsp3) is 0.621. The van der Waals surface area contributed by atoms with E-state index < -0.39 is 0 Å². The maximum atomic E-state index is 11.7. The van der Waals surface area contributed by atoms with Crippen LogP contribution in [-0.4, -0.2) is 85.8 Å². The van der Waals surface area contributed by atoms with Gasteiger partial charge in [0.1, 0.15) is 11.6 Å². The molecule has 2 aliphatic heterocycles. The van der Waals surface area contributed by atoms with Crippen LogP contribution in [0, 0.1) is 5.92 Å². The van der Waals surface area contributed by atoms with Crippen LogP contribution in [0.1, 0.15) is 45.4 Å². The van der Waals surface area contributed by atoms with Crippen molar-refractivity contribution >= 4 is 17.5 Å². The fourth-order valence-electron chi connectivity index (χ4n) is 5.79. The monoisotopic (exact) mass is 506 g/mol. The van der Waals surface area contributed by atoms with Crippen LogP contribution < -0.4 is 15.1 Å². The van der Waals surface area contributed by atoms with Gasteiger partial charge in [0.25, 0.3) is 0 Å². The Bertz CT molecular complexity index is 1010. The number of anilines is 2. The molecule has 2 aromatic heterocycles. The third-order valence-electron chi connectivity index (χ3n) is 8.19. The molecule has 0 unspecified atom stereocenters. The molecule has 0 aromatic carbocycles. The zero-order valence-corrected chi connectivity index (χ0v) is 22.3. The SMILES string of the molecule is CCC(=O)NC1CCC(CCN2CCN(c3cc(-c4cccc(N5CCOCC5)n4)ccn3)CC2)CC1. The van der Waals surface area contributed by atoms with Gasteiger partial charge in [0.05, 0.1) is 18.9 Å². The zero-order chi connectivity index (χ0) is 25.5. The molecule has 200 valence electrons. The van der Waals surface area contributed by atoms with E-state index in [4.69, 9.17) is 14.7 Å². The first kappa shape index (κ1) is 25.9. The molecule has 1 amide bonds. The van der Waals surface area contributed by atoms with Gasteiger partial charge in [-0.3, -0.25) is 9.69 Å². The third kappa shape index (κ3) is 6.99. The van der Waals surface area contributed by atoms with Crippen LogP contribution >= 0.6 is 0 Å². The summed E-state index contributed by atoms with van der Waals surface area (Å²) in [6.45, 7) is 10.6. The van der Waals surface area contributed by atoms with Gasteiger partial charge < -0.3 is 19.9 Å². The van der Waals surface area contributed by atoms with Crippen molar-refractivity contribution < 1.29 is 9.53 Å². The minimum absolute atomic E-state index is 0.194. The lowest BCUT2D eigenvalue weighted by Gasteiger charge is -2.37. The number of ether oxygens (including phenoxy) is 1. The molecule has 1 saturated carbocycles. The number of hydrogen-bond acceptors (Lipinski definition) is 7. The number of pyridine rings is 2. The number of nitrogens with zero attached hydrogens (tertiary/aromatic N) is 5. The summed E-state index contributed by atoms with van der Waals surface area (Å²) in [4.78, 5) is 28.6. The molecule has 2 saturated heterocycles. The number of rotatable bonds is 8. The van der Waals surface area contributed by atoms with Crippen molar-refractivity contribution in [2.75, 3.05) is 68.8 Å². The molecule has 37 heavy (non-hydrogen) atoms. The van der Waals surface area contributed by atoms with Gasteiger partial charge in [-0.05, 0) is 68.8 Å². The lowest BCUT2D eigenvalue weighted by Crippen LogP contribution is -2.47. The Morgan fingerprint density at radius 3 is 2.49 bits per heavy atom. The number of hydrogen-bond donors (Lipinski definition) is 1. The van der Waals surface area contributed by atoms with E-state index in [1.165, 1.54) is 25.8 Å². The molecular formula is C29H42N6O2. The largest absolute Gasteiger partial charge is 0.378 e. The molecule has 5 rings (SSSR count). The summed E-state index contributed by atoms with van der Waals surface area (Å²) < 4.78 is 5.49. The quantitative estimate of drug-likeness (QED) is 0.587. The van der Waals surface area contributed by atoms with Crippen LogP contribution in [-0.2, 0) is 9.53 Å². The van der Waals surface area contributed by atoms with Crippen molar-refractivity contribution in [1.29, 1.82) is 0 Å². The topological polar surface area (TPSA) is 73.8 Å². The molecule has 0 bridgehead atoms. The van der Waals surface area contributed by atoms with E-state index in [2.05, 4.69) is 50.3 Å². The normalized spacial score (nSPS) is 23.2. The summed E-state index contributed by atoms with van der Waals surface area (Å²) in [7, 11) is 0. The average molecular weight is 507 g/mol. The summed E-state index contributed by atoms with van der Waals surface area (Å²) >= 11 is 0. The minimum Gasteiger partial charge on any atom is -0.378 e. The van der Waals surface area contributed by atoms with Gasteiger partial charge in [-0.25, -0.2) is 9.97 Å². The first-order valence-corrected chi connectivity index (χ1v) is 14.2. The molecule has 8 nitrogen and oxygen atoms in total. The third-order valence-corrected chi connectivity index (χ3v) is 8.19. The minimum atomic E-state index is 0.194. The van der Waals surface area contributed by atoms with Crippen molar-refractivity contribution in [1.82, 2.24) is 20.2 Å². The second kappa shape index (κ2) is 12.7. The van der Waals surface area contributed by atoms with E-state index >= 15 is 0 Å². The van der Waals surface area contributed by atoms with E-state index in [0.29, 0.717) is 12.5 Å². The molecule has 1 aliphatic carbocycles. The molecule has 8 heteroatoms. The Morgan fingerprint density at radius 2 is 1.73 bits per heavy atom. The van der Waals surface area contributed by atoms with Gasteiger partial charge in [-0.1, -0.05) is 13.0 Å². The van der Waals surface area contributed by atoms with Crippen LogP contribution in [0.15, 0.2) is 36.5 Å². The summed E-state index contributed by atoms with van der Waals surface area (Å²) in [5.74, 6) is 3.06. The highest BCUT2D eigenvalue weighted by molar-refractivity contribution is 5.75. The maximum Gasteiger partial charge on any atom is 0.219 e. The molecule has 3 fully saturated rings. The van der Waals surface area contributed by atoms with Crippen molar-refractivity contribution in [3.8, 4) is 11.3 Å². The molecule has 0 radical (unpaired) electrons. The van der Waals surface area contributed by atoms with E-state index in [-0.39, 0.29) is 5.91 Å². The van der Waals surface area contributed by atoms with Gasteiger partial charge in [-0.15, -0.1) is 0 Å². The van der Waals surface area contributed by atoms with Crippen LogP contribution in [0.25, 0.3) is 11.3 Å². The Balaban J connectivity index is 1.09. The second-order valence-electron chi connectivity index (χ2n) is 10.6. The number of piperazine rings is 1. The van der Waals surface area contributed by atoms with Gasteiger partial charge in [-0.2, -0.15) is 0 Å². The molecule has 3 aliphatic rings. The molecule has 2 aromatic rings. The lowest BCUT2D eigenvalue weighted by atomic mass is 9.84. The average Bonchev–Trinajstić information content (AvgIpc) is 2.97. The fourth-order valence-corrected chi connectivity index (χ4v) is 5.79. The van der Waals surface area contributed by atoms with Gasteiger partial charge in [0.15, 0.2) is 0 Å². The number of amides is 1. The Hall–Kier alpha value is -2.71. The van der Waals surface area contributed by atoms with Crippen molar-refractivity contribution in [3.63, 3.8) is 0 Å². The smallest absolute Gasteiger partial charge is 0.219 e. The van der Waals surface area contributed by atoms with Gasteiger partial charge in [0.2, 0.25) is 5.91 Å². The highest BCUT2D eigenvalue weighted by Gasteiger charge is 2.24. The Morgan fingerprint density at radius 1 is 0.973 bits per heavy atom. The number of carbonyl (C=O) groups is 1. The van der Waals surface area contributed by atoms with Crippen molar-refractivity contribution in [2.45, 2.75) is 51.5 Å².